The fourth-order valence-electron chi connectivity index (χ4n) is 3.00. The van der Waals surface area contributed by atoms with E-state index in [-0.39, 0.29) is 30.2 Å². The lowest BCUT2D eigenvalue weighted by Crippen LogP contribution is -2.48. The number of carboxylic acids is 1. The molecule has 23 heavy (non-hydrogen) atoms. The molecular formula is C17H30N2O4. The number of nitrogens with one attached hydrogen (secondary N) is 1. The largest absolute Gasteiger partial charge is 0.481 e. The number of hydrogen-bond acceptors (Lipinski definition) is 3. The summed E-state index contributed by atoms with van der Waals surface area (Å²) in [5, 5.41) is 11.6. The van der Waals surface area contributed by atoms with Gasteiger partial charge in [0.05, 0.1) is 0 Å². The van der Waals surface area contributed by atoms with Crippen molar-refractivity contribution in [3.8, 4) is 0 Å². The molecule has 6 nitrogen and oxygen atoms in total. The van der Waals surface area contributed by atoms with Crippen molar-refractivity contribution >= 4 is 17.8 Å². The summed E-state index contributed by atoms with van der Waals surface area (Å²) in [5.41, 5.74) is 0. The monoisotopic (exact) mass is 326 g/mol. The summed E-state index contributed by atoms with van der Waals surface area (Å²) in [6, 6.07) is 0.132. The van der Waals surface area contributed by atoms with Gasteiger partial charge in [-0.3, -0.25) is 14.4 Å². The predicted molar refractivity (Wildman–Crippen MR) is 87.9 cm³/mol. The molecule has 0 aromatic rings. The SMILES string of the molecule is CCC(CC)C(=O)N1CCC(NC(=O)CCCCC(=O)O)CC1. The molecule has 1 aliphatic heterocycles. The number of piperidine rings is 1. The lowest BCUT2D eigenvalue weighted by molar-refractivity contribution is -0.138. The van der Waals surface area contributed by atoms with Gasteiger partial charge in [0.25, 0.3) is 0 Å². The first-order valence-electron chi connectivity index (χ1n) is 8.77. The molecule has 0 unspecified atom stereocenters. The number of amides is 2. The van der Waals surface area contributed by atoms with Crippen molar-refractivity contribution in [3.05, 3.63) is 0 Å². The number of nitrogens with zero attached hydrogens (tertiary/aromatic N) is 1. The number of carbonyl (C=O) groups excluding carboxylic acids is 2. The van der Waals surface area contributed by atoms with Crippen molar-refractivity contribution in [1.82, 2.24) is 10.2 Å². The fourth-order valence-corrected chi connectivity index (χ4v) is 3.00. The van der Waals surface area contributed by atoms with Crippen LogP contribution in [0.1, 0.15) is 65.2 Å². The maximum atomic E-state index is 12.3. The van der Waals surface area contributed by atoms with Crippen molar-refractivity contribution < 1.29 is 19.5 Å². The molecule has 1 aliphatic rings. The van der Waals surface area contributed by atoms with E-state index in [9.17, 15) is 14.4 Å². The van der Waals surface area contributed by atoms with Crippen LogP contribution in [0.4, 0.5) is 0 Å². The molecule has 0 saturated carbocycles. The zero-order valence-electron chi connectivity index (χ0n) is 14.3. The third-order valence-electron chi connectivity index (χ3n) is 4.55. The van der Waals surface area contributed by atoms with Gasteiger partial charge in [0.1, 0.15) is 0 Å². The minimum Gasteiger partial charge on any atom is -0.481 e. The molecule has 0 bridgehead atoms. The molecule has 0 spiro atoms. The average Bonchev–Trinajstić information content (AvgIpc) is 2.53. The van der Waals surface area contributed by atoms with Gasteiger partial charge in [-0.2, -0.15) is 0 Å². The Morgan fingerprint density at radius 3 is 2.17 bits per heavy atom. The third kappa shape index (κ3) is 7.01. The first kappa shape index (κ1) is 19.5. The summed E-state index contributed by atoms with van der Waals surface area (Å²) in [6.45, 7) is 5.51. The van der Waals surface area contributed by atoms with Crippen LogP contribution in [0.3, 0.4) is 0 Å². The van der Waals surface area contributed by atoms with E-state index in [1.165, 1.54) is 0 Å². The molecule has 1 rings (SSSR count). The van der Waals surface area contributed by atoms with Crippen LogP contribution >= 0.6 is 0 Å². The predicted octanol–water partition coefficient (Wildman–Crippen LogP) is 2.17. The Morgan fingerprint density at radius 1 is 1.09 bits per heavy atom. The van der Waals surface area contributed by atoms with Gasteiger partial charge in [-0.1, -0.05) is 13.8 Å². The van der Waals surface area contributed by atoms with E-state index in [1.807, 2.05) is 18.7 Å². The second-order valence-corrected chi connectivity index (χ2v) is 6.28. The molecule has 0 radical (unpaired) electrons. The first-order valence-corrected chi connectivity index (χ1v) is 8.77. The van der Waals surface area contributed by atoms with Crippen molar-refractivity contribution in [2.75, 3.05) is 13.1 Å². The maximum absolute atomic E-state index is 12.3. The molecule has 2 amide bonds. The number of unbranched alkanes of at least 4 members (excludes halogenated alkanes) is 1. The van der Waals surface area contributed by atoms with E-state index >= 15 is 0 Å². The molecule has 1 fully saturated rings. The van der Waals surface area contributed by atoms with Gasteiger partial charge < -0.3 is 15.3 Å². The summed E-state index contributed by atoms with van der Waals surface area (Å²) < 4.78 is 0. The Kier molecular flexibility index (Phi) is 8.66. The molecule has 0 aromatic heterocycles. The highest BCUT2D eigenvalue weighted by atomic mass is 16.4. The number of likely N-dealkylation sites (tertiary alicyclic amines) is 1. The minimum absolute atomic E-state index is 0.0137. The number of hydrogen-bond donors (Lipinski definition) is 2. The third-order valence-corrected chi connectivity index (χ3v) is 4.55. The van der Waals surface area contributed by atoms with Gasteiger partial charge in [-0.05, 0) is 38.5 Å². The summed E-state index contributed by atoms with van der Waals surface area (Å²) >= 11 is 0. The van der Waals surface area contributed by atoms with Crippen molar-refractivity contribution in [2.24, 2.45) is 5.92 Å². The number of carboxylic acid groups (broad SMARTS) is 1. The van der Waals surface area contributed by atoms with Gasteiger partial charge in [0.15, 0.2) is 0 Å². The average molecular weight is 326 g/mol. The molecule has 0 aromatic carbocycles. The Morgan fingerprint density at radius 2 is 1.65 bits per heavy atom. The number of rotatable bonds is 9. The highest BCUT2D eigenvalue weighted by Crippen LogP contribution is 2.17. The van der Waals surface area contributed by atoms with E-state index in [0.717, 1.165) is 25.7 Å². The molecule has 132 valence electrons. The maximum Gasteiger partial charge on any atom is 0.303 e. The van der Waals surface area contributed by atoms with Gasteiger partial charge in [0, 0.05) is 37.9 Å². The Bertz CT molecular complexity index is 399. The summed E-state index contributed by atoms with van der Waals surface area (Å²) in [7, 11) is 0. The summed E-state index contributed by atoms with van der Waals surface area (Å²) in [4.78, 5) is 36.5. The zero-order chi connectivity index (χ0) is 17.2. The van der Waals surface area contributed by atoms with Crippen molar-refractivity contribution in [2.45, 2.75) is 71.3 Å². The molecular weight excluding hydrogens is 296 g/mol. The van der Waals surface area contributed by atoms with Crippen LogP contribution in [0.2, 0.25) is 0 Å². The van der Waals surface area contributed by atoms with Crippen LogP contribution in [0.5, 0.6) is 0 Å². The van der Waals surface area contributed by atoms with E-state index in [2.05, 4.69) is 5.32 Å². The van der Waals surface area contributed by atoms with Crippen LogP contribution in [-0.4, -0.2) is 46.9 Å². The second-order valence-electron chi connectivity index (χ2n) is 6.28. The molecule has 0 aliphatic carbocycles. The van der Waals surface area contributed by atoms with Crippen LogP contribution in [-0.2, 0) is 14.4 Å². The van der Waals surface area contributed by atoms with Gasteiger partial charge in [0.2, 0.25) is 11.8 Å². The Balaban J connectivity index is 2.24. The molecule has 1 saturated heterocycles. The standard InChI is InChI=1S/C17H30N2O4/c1-3-13(4-2)17(23)19-11-9-14(10-12-19)18-15(20)7-5-6-8-16(21)22/h13-14H,3-12H2,1-2H3,(H,18,20)(H,21,22). The van der Waals surface area contributed by atoms with Crippen molar-refractivity contribution in [3.63, 3.8) is 0 Å². The highest BCUT2D eigenvalue weighted by Gasteiger charge is 2.26. The zero-order valence-corrected chi connectivity index (χ0v) is 14.3. The van der Waals surface area contributed by atoms with Gasteiger partial charge in [-0.25, -0.2) is 0 Å². The normalized spacial score (nSPS) is 15.7. The summed E-state index contributed by atoms with van der Waals surface area (Å²) in [6.07, 6.45) is 4.98. The first-order chi connectivity index (χ1) is 11.0. The van der Waals surface area contributed by atoms with E-state index in [1.54, 1.807) is 0 Å². The number of carbonyl (C=O) groups is 3. The summed E-state index contributed by atoms with van der Waals surface area (Å²) in [5.74, 6) is -0.469. The quantitative estimate of drug-likeness (QED) is 0.636. The minimum atomic E-state index is -0.820. The Labute approximate surface area is 138 Å². The van der Waals surface area contributed by atoms with Crippen LogP contribution in [0.25, 0.3) is 0 Å². The van der Waals surface area contributed by atoms with Gasteiger partial charge >= 0.3 is 5.97 Å². The molecule has 1 heterocycles. The van der Waals surface area contributed by atoms with Crippen LogP contribution in [0.15, 0.2) is 0 Å². The molecule has 6 heteroatoms. The smallest absolute Gasteiger partial charge is 0.303 e. The fraction of sp³-hybridized carbons (Fsp3) is 0.824. The topological polar surface area (TPSA) is 86.7 Å². The lowest BCUT2D eigenvalue weighted by atomic mass is 9.98. The molecule has 0 atom stereocenters. The van der Waals surface area contributed by atoms with E-state index in [4.69, 9.17) is 5.11 Å². The van der Waals surface area contributed by atoms with E-state index in [0.29, 0.717) is 32.4 Å². The second kappa shape index (κ2) is 10.2. The highest BCUT2D eigenvalue weighted by molar-refractivity contribution is 5.79. The lowest BCUT2D eigenvalue weighted by Gasteiger charge is -2.34. The van der Waals surface area contributed by atoms with Crippen molar-refractivity contribution in [1.29, 1.82) is 0 Å². The van der Waals surface area contributed by atoms with Crippen LogP contribution in [0, 0.1) is 5.92 Å². The number of aliphatic carboxylic acids is 1. The van der Waals surface area contributed by atoms with E-state index < -0.39 is 5.97 Å². The van der Waals surface area contributed by atoms with Crippen LogP contribution < -0.4 is 5.32 Å². The van der Waals surface area contributed by atoms with Gasteiger partial charge in [-0.15, -0.1) is 0 Å². The molecule has 2 N–H and O–H groups in total. The Hall–Kier alpha value is -1.59.